The molecule has 0 aliphatic rings. The van der Waals surface area contributed by atoms with Gasteiger partial charge in [-0.3, -0.25) is 39.1 Å². The zero-order valence-electron chi connectivity index (χ0n) is 11.2. The third-order valence-electron chi connectivity index (χ3n) is 0.406. The summed E-state index contributed by atoms with van der Waals surface area (Å²) in [6.07, 6.45) is 5.08. The Kier molecular flexibility index (Phi) is 18.9. The van der Waals surface area contributed by atoms with Crippen molar-refractivity contribution in [3.05, 3.63) is 18.7 Å². The molecule has 0 amide bonds. The van der Waals surface area contributed by atoms with Gasteiger partial charge in [0.25, 0.3) is 0 Å². The number of rotatable bonds is 0. The van der Waals surface area contributed by atoms with Crippen molar-refractivity contribution in [3.8, 4) is 0 Å². The Morgan fingerprint density at radius 1 is 0.640 bits per heavy atom. The van der Waals surface area contributed by atoms with Gasteiger partial charge in [0.2, 0.25) is 0 Å². The Bertz CT molecular complexity index is 457. The summed E-state index contributed by atoms with van der Waals surface area (Å²) < 4.78 is 76.1. The van der Waals surface area contributed by atoms with E-state index >= 15 is 0 Å². The van der Waals surface area contributed by atoms with Crippen LogP contribution in [0, 0.1) is 0 Å². The van der Waals surface area contributed by atoms with Crippen LogP contribution in [-0.4, -0.2) is 49.1 Å². The Morgan fingerprint density at radius 3 is 0.880 bits per heavy atom. The van der Waals surface area contributed by atoms with Crippen LogP contribution in [-0.2, 0) is 18.3 Å². The van der Waals surface area contributed by atoms with Crippen molar-refractivity contribution in [1.82, 2.24) is 9.97 Å². The van der Waals surface area contributed by atoms with Crippen LogP contribution in [0.5, 0.6) is 0 Å². The molecule has 154 valence electrons. The summed E-state index contributed by atoms with van der Waals surface area (Å²) in [6, 6.07) is 0. The highest BCUT2D eigenvalue weighted by Gasteiger charge is 2.06. The summed E-state index contributed by atoms with van der Waals surface area (Å²) in [5, 5.41) is 0. The molecule has 1 rings (SSSR count). The van der Waals surface area contributed by atoms with Gasteiger partial charge in [-0.2, -0.15) is 0 Å². The van der Waals surface area contributed by atoms with Gasteiger partial charge in [-0.1, -0.05) is 0 Å². The minimum absolute atomic E-state index is 1.62. The summed E-state index contributed by atoms with van der Waals surface area (Å²) in [5.41, 5.74) is 0. The molecule has 1 aromatic heterocycles. The smallest absolute Gasteiger partial charge is 0.351 e. The zero-order valence-corrected chi connectivity index (χ0v) is 14.8. The number of H-pyrrole nitrogens is 1. The molecule has 0 saturated carbocycles. The maximum absolute atomic E-state index is 10.4. The van der Waals surface area contributed by atoms with Gasteiger partial charge in [-0.15, -0.1) is 16.8 Å². The van der Waals surface area contributed by atoms with Crippen molar-refractivity contribution in [2.24, 2.45) is 0 Å². The predicted molar refractivity (Wildman–Crippen MR) is 71.2 cm³/mol. The predicted octanol–water partition coefficient (Wildman–Crippen LogP) is 0.604. The maximum atomic E-state index is 10.4. The monoisotopic (exact) mass is 468 g/mol. The van der Waals surface area contributed by atoms with Gasteiger partial charge in [0.05, 0.1) is 6.33 Å². The molecule has 14 nitrogen and oxygen atoms in total. The molecule has 0 spiro atoms. The molecule has 1 aromatic rings. The molecule has 0 aromatic carbocycles. The standard InChI is InChI=1S/C3H4N2.4FH2O3P/c1-2-5-3-4-1;4*1-5(2,3)4/h1-3H,(H,4,5);4*(H2,2,3,4). The molecular weight excluding hydrogens is 456 g/mol. The van der Waals surface area contributed by atoms with E-state index in [1.54, 1.807) is 18.7 Å². The normalized spacial score (nSPS) is 11.0. The van der Waals surface area contributed by atoms with Crippen LogP contribution in [0.25, 0.3) is 0 Å². The number of nitrogens with zero attached hydrogens (tertiary/aromatic N) is 1. The summed E-state index contributed by atoms with van der Waals surface area (Å²) in [6.45, 7) is 0. The fraction of sp³-hybridized carbons (Fsp3) is 0. The molecule has 0 fully saturated rings. The lowest BCUT2D eigenvalue weighted by atomic mass is 11.0. The molecule has 25 heavy (non-hydrogen) atoms. The highest BCUT2D eigenvalue weighted by Crippen LogP contribution is 2.36. The van der Waals surface area contributed by atoms with Crippen molar-refractivity contribution in [3.63, 3.8) is 0 Å². The molecule has 0 aliphatic carbocycles. The van der Waals surface area contributed by atoms with Crippen LogP contribution in [0.4, 0.5) is 16.8 Å². The third-order valence-corrected chi connectivity index (χ3v) is 0.406. The van der Waals surface area contributed by atoms with E-state index in [1.165, 1.54) is 0 Å². The van der Waals surface area contributed by atoms with Crippen LogP contribution >= 0.6 is 31.6 Å². The first kappa shape index (κ1) is 32.2. The van der Waals surface area contributed by atoms with E-state index in [0.29, 0.717) is 0 Å². The zero-order chi connectivity index (χ0) is 21.5. The topological polar surface area (TPSA) is 259 Å². The molecule has 0 radical (unpaired) electrons. The Labute approximate surface area is 135 Å². The average Bonchev–Trinajstić information content (AvgIpc) is 2.59. The van der Waals surface area contributed by atoms with E-state index in [0.717, 1.165) is 0 Å². The molecule has 22 heteroatoms. The van der Waals surface area contributed by atoms with Gasteiger partial charge in [0.15, 0.2) is 0 Å². The number of hydrogen-bond acceptors (Lipinski definition) is 5. The van der Waals surface area contributed by atoms with E-state index in [4.69, 9.17) is 57.4 Å². The number of nitrogens with one attached hydrogen (secondary N) is 1. The Morgan fingerprint density at radius 2 is 0.840 bits per heavy atom. The molecule has 0 unspecified atom stereocenters. The van der Waals surface area contributed by atoms with Crippen molar-refractivity contribution >= 4 is 31.6 Å². The molecule has 0 saturated heterocycles. The van der Waals surface area contributed by atoms with Crippen LogP contribution in [0.1, 0.15) is 0 Å². The van der Waals surface area contributed by atoms with Gasteiger partial charge in [0, 0.05) is 12.4 Å². The number of aromatic nitrogens is 2. The van der Waals surface area contributed by atoms with E-state index < -0.39 is 31.6 Å². The van der Waals surface area contributed by atoms with E-state index in [1.807, 2.05) is 0 Å². The molecule has 0 aliphatic heterocycles. The quantitative estimate of drug-likeness (QED) is 0.187. The van der Waals surface area contributed by atoms with Crippen molar-refractivity contribution in [2.45, 2.75) is 0 Å². The van der Waals surface area contributed by atoms with Gasteiger partial charge in [0.1, 0.15) is 0 Å². The average molecular weight is 468 g/mol. The summed E-state index contributed by atoms with van der Waals surface area (Å²) in [4.78, 5) is 62.1. The molecule has 0 bridgehead atoms. The lowest BCUT2D eigenvalue weighted by molar-refractivity contribution is 0.320. The lowest BCUT2D eigenvalue weighted by Crippen LogP contribution is -1.56. The molecule has 1 heterocycles. The maximum Gasteiger partial charge on any atom is 0.507 e. The van der Waals surface area contributed by atoms with Gasteiger partial charge in [-0.25, -0.2) is 23.2 Å². The number of imidazole rings is 1. The van der Waals surface area contributed by atoms with Gasteiger partial charge >= 0.3 is 31.6 Å². The van der Waals surface area contributed by atoms with Crippen molar-refractivity contribution in [2.75, 3.05) is 0 Å². The lowest BCUT2D eigenvalue weighted by Gasteiger charge is -1.78. The second-order valence-electron chi connectivity index (χ2n) is 2.65. The van der Waals surface area contributed by atoms with Crippen molar-refractivity contribution < 1.29 is 74.2 Å². The number of hydrogen-bond donors (Lipinski definition) is 9. The van der Waals surface area contributed by atoms with Gasteiger partial charge in [-0.05, 0) is 0 Å². The fourth-order valence-electron chi connectivity index (χ4n) is 0.215. The van der Waals surface area contributed by atoms with Crippen molar-refractivity contribution in [1.29, 1.82) is 0 Å². The minimum Gasteiger partial charge on any atom is -0.351 e. The van der Waals surface area contributed by atoms with E-state index in [9.17, 15) is 16.8 Å². The first-order chi connectivity index (χ1) is 10.5. The third kappa shape index (κ3) is 532. The second-order valence-corrected chi connectivity index (χ2v) is 6.44. The molecule has 9 N–H and O–H groups in total. The Hall–Kier alpha value is -0.470. The summed E-state index contributed by atoms with van der Waals surface area (Å²) in [5.74, 6) is 0. The fourth-order valence-corrected chi connectivity index (χ4v) is 0.215. The second kappa shape index (κ2) is 14.7. The number of halogens is 4. The van der Waals surface area contributed by atoms with Crippen LogP contribution < -0.4 is 0 Å². The van der Waals surface area contributed by atoms with E-state index in [-0.39, 0.29) is 0 Å². The highest BCUT2D eigenvalue weighted by molar-refractivity contribution is 7.46. The first-order valence-electron chi connectivity index (χ1n) is 4.43. The SMILES string of the molecule is O=P(O)(O)F.O=P(O)(O)F.O=P(O)(O)F.O=P(O)(O)F.c1c[nH]cn1. The van der Waals surface area contributed by atoms with Crippen LogP contribution in [0.2, 0.25) is 0 Å². The number of aromatic amines is 1. The molecular formula is C3H12F4N2O12P4. The first-order valence-corrected chi connectivity index (χ1v) is 10.4. The van der Waals surface area contributed by atoms with Crippen LogP contribution in [0.3, 0.4) is 0 Å². The summed E-state index contributed by atoms with van der Waals surface area (Å²) >= 11 is 0. The largest absolute Gasteiger partial charge is 0.507 e. The van der Waals surface area contributed by atoms with Crippen LogP contribution in [0.15, 0.2) is 18.7 Å². The van der Waals surface area contributed by atoms with Gasteiger partial charge < -0.3 is 4.98 Å². The minimum atomic E-state index is -5.14. The van der Waals surface area contributed by atoms with E-state index in [2.05, 4.69) is 9.97 Å². The highest BCUT2D eigenvalue weighted by atomic mass is 31.2. The summed E-state index contributed by atoms with van der Waals surface area (Å²) in [7, 11) is -20.6. The Balaban J connectivity index is -0.000000110. The molecule has 0 atom stereocenters.